The lowest BCUT2D eigenvalue weighted by atomic mass is 10.2. The van der Waals surface area contributed by atoms with Gasteiger partial charge in [0.1, 0.15) is 25.6 Å². The maximum Gasteiger partial charge on any atom is 0.314 e. The van der Waals surface area contributed by atoms with Crippen molar-refractivity contribution in [3.8, 4) is 17.2 Å². The third-order valence-electron chi connectivity index (χ3n) is 4.29. The van der Waals surface area contributed by atoms with Crippen molar-refractivity contribution in [2.24, 2.45) is 0 Å². The van der Waals surface area contributed by atoms with Crippen LogP contribution in [0.5, 0.6) is 17.2 Å². The number of nitrogens with zero attached hydrogens (tertiary/aromatic N) is 2. The normalized spacial score (nSPS) is 10.4. The minimum atomic E-state index is -0.559. The molecule has 3 aromatic rings. The highest BCUT2D eigenvalue weighted by molar-refractivity contribution is 5.51. The average molecular weight is 424 g/mol. The van der Waals surface area contributed by atoms with Gasteiger partial charge in [-0.15, -0.1) is 0 Å². The van der Waals surface area contributed by atoms with Crippen molar-refractivity contribution < 1.29 is 24.1 Å². The third kappa shape index (κ3) is 5.92. The molecule has 9 nitrogen and oxygen atoms in total. The summed E-state index contributed by atoms with van der Waals surface area (Å²) in [5.74, 6) is 0.515. The standard InChI is InChI=1S/C22H20N2O7/c1-16-7-9-19(23(25)26)22(13-16)30-12-11-29-21-10-8-18(14-20(21)24(27)28)31-15-17-5-3-2-4-6-17/h2-10,13-14H,11-12,15H2,1H3. The maximum atomic E-state index is 11.4. The highest BCUT2D eigenvalue weighted by Crippen LogP contribution is 2.32. The maximum absolute atomic E-state index is 11.4. The van der Waals surface area contributed by atoms with E-state index in [2.05, 4.69) is 0 Å². The molecule has 9 heteroatoms. The van der Waals surface area contributed by atoms with E-state index in [4.69, 9.17) is 14.2 Å². The van der Waals surface area contributed by atoms with E-state index in [1.54, 1.807) is 25.1 Å². The Morgan fingerprint density at radius 3 is 2.10 bits per heavy atom. The van der Waals surface area contributed by atoms with Gasteiger partial charge in [-0.3, -0.25) is 20.2 Å². The minimum absolute atomic E-state index is 0.0201. The molecule has 0 atom stereocenters. The topological polar surface area (TPSA) is 114 Å². The zero-order valence-corrected chi connectivity index (χ0v) is 16.7. The van der Waals surface area contributed by atoms with Crippen molar-refractivity contribution in [2.75, 3.05) is 13.2 Å². The largest absolute Gasteiger partial charge is 0.489 e. The summed E-state index contributed by atoms with van der Waals surface area (Å²) in [5, 5.41) is 22.5. The Bertz CT molecular complexity index is 1070. The van der Waals surface area contributed by atoms with E-state index < -0.39 is 9.85 Å². The van der Waals surface area contributed by atoms with E-state index >= 15 is 0 Å². The van der Waals surface area contributed by atoms with Crippen LogP contribution in [0.3, 0.4) is 0 Å². The molecule has 0 aliphatic heterocycles. The lowest BCUT2D eigenvalue weighted by Gasteiger charge is -2.11. The molecule has 0 unspecified atom stereocenters. The van der Waals surface area contributed by atoms with Crippen molar-refractivity contribution in [3.63, 3.8) is 0 Å². The third-order valence-corrected chi connectivity index (χ3v) is 4.29. The van der Waals surface area contributed by atoms with Crippen LogP contribution in [-0.2, 0) is 6.61 Å². The second kappa shape index (κ2) is 10.1. The van der Waals surface area contributed by atoms with Crippen molar-refractivity contribution >= 4 is 11.4 Å². The summed E-state index contributed by atoms with van der Waals surface area (Å²) in [6.45, 7) is 2.02. The predicted molar refractivity (Wildman–Crippen MR) is 113 cm³/mol. The molecule has 0 saturated heterocycles. The van der Waals surface area contributed by atoms with Crippen LogP contribution < -0.4 is 14.2 Å². The first-order chi connectivity index (χ1) is 14.9. The van der Waals surface area contributed by atoms with Crippen molar-refractivity contribution in [2.45, 2.75) is 13.5 Å². The number of aryl methyl sites for hydroxylation is 1. The van der Waals surface area contributed by atoms with Crippen molar-refractivity contribution in [3.05, 3.63) is 98.1 Å². The molecular weight excluding hydrogens is 404 g/mol. The van der Waals surface area contributed by atoms with E-state index in [-0.39, 0.29) is 42.7 Å². The van der Waals surface area contributed by atoms with Crippen LogP contribution in [0.1, 0.15) is 11.1 Å². The van der Waals surface area contributed by atoms with Crippen LogP contribution in [0.15, 0.2) is 66.7 Å². The van der Waals surface area contributed by atoms with Crippen LogP contribution in [0.25, 0.3) is 0 Å². The molecule has 0 radical (unpaired) electrons. The van der Waals surface area contributed by atoms with Gasteiger partial charge in [-0.1, -0.05) is 36.4 Å². The molecule has 160 valence electrons. The van der Waals surface area contributed by atoms with E-state index in [1.165, 1.54) is 18.2 Å². The fourth-order valence-electron chi connectivity index (χ4n) is 2.78. The van der Waals surface area contributed by atoms with E-state index in [0.29, 0.717) is 5.75 Å². The average Bonchev–Trinajstić information content (AvgIpc) is 2.76. The van der Waals surface area contributed by atoms with E-state index in [0.717, 1.165) is 11.1 Å². The first-order valence-electron chi connectivity index (χ1n) is 9.40. The van der Waals surface area contributed by atoms with Crippen LogP contribution in [0.4, 0.5) is 11.4 Å². The fourth-order valence-corrected chi connectivity index (χ4v) is 2.78. The summed E-state index contributed by atoms with van der Waals surface area (Å²) in [7, 11) is 0. The summed E-state index contributed by atoms with van der Waals surface area (Å²) in [5.41, 5.74) is 1.35. The molecule has 3 aromatic carbocycles. The van der Waals surface area contributed by atoms with Gasteiger partial charge in [0.15, 0.2) is 11.5 Å². The summed E-state index contributed by atoms with van der Waals surface area (Å²) in [6.07, 6.45) is 0. The lowest BCUT2D eigenvalue weighted by molar-refractivity contribution is -0.386. The molecule has 0 aliphatic rings. The molecule has 0 amide bonds. The molecule has 0 fully saturated rings. The molecule has 3 rings (SSSR count). The van der Waals surface area contributed by atoms with Gasteiger partial charge in [0, 0.05) is 6.07 Å². The van der Waals surface area contributed by atoms with Crippen LogP contribution in [-0.4, -0.2) is 23.1 Å². The van der Waals surface area contributed by atoms with Crippen LogP contribution >= 0.6 is 0 Å². The molecule has 0 saturated carbocycles. The SMILES string of the molecule is Cc1ccc([N+](=O)[O-])c(OCCOc2ccc(OCc3ccccc3)cc2[N+](=O)[O-])c1. The van der Waals surface area contributed by atoms with E-state index in [9.17, 15) is 20.2 Å². The number of rotatable bonds is 10. The quantitative estimate of drug-likeness (QED) is 0.260. The molecule has 0 N–H and O–H groups in total. The Morgan fingerprint density at radius 2 is 1.42 bits per heavy atom. The van der Waals surface area contributed by atoms with Crippen LogP contribution in [0.2, 0.25) is 0 Å². The van der Waals surface area contributed by atoms with Gasteiger partial charge in [0.2, 0.25) is 0 Å². The fraction of sp³-hybridized carbons (Fsp3) is 0.182. The number of ether oxygens (including phenoxy) is 3. The van der Waals surface area contributed by atoms with Crippen molar-refractivity contribution in [1.29, 1.82) is 0 Å². The lowest BCUT2D eigenvalue weighted by Crippen LogP contribution is -2.11. The Hall–Kier alpha value is -4.14. The molecule has 0 aromatic heterocycles. The highest BCUT2D eigenvalue weighted by Gasteiger charge is 2.18. The second-order valence-corrected chi connectivity index (χ2v) is 6.59. The molecule has 0 heterocycles. The second-order valence-electron chi connectivity index (χ2n) is 6.59. The molecule has 0 bridgehead atoms. The monoisotopic (exact) mass is 424 g/mol. The summed E-state index contributed by atoms with van der Waals surface area (Å²) in [6, 6.07) is 18.3. The molecular formula is C22H20N2O7. The highest BCUT2D eigenvalue weighted by atomic mass is 16.6. The number of nitro benzene ring substituents is 2. The smallest absolute Gasteiger partial charge is 0.314 e. The van der Waals surface area contributed by atoms with Crippen molar-refractivity contribution in [1.82, 2.24) is 0 Å². The minimum Gasteiger partial charge on any atom is -0.489 e. The first-order valence-corrected chi connectivity index (χ1v) is 9.40. The van der Waals surface area contributed by atoms with Gasteiger partial charge in [-0.05, 0) is 36.2 Å². The number of hydrogen-bond acceptors (Lipinski definition) is 7. The zero-order chi connectivity index (χ0) is 22.2. The summed E-state index contributed by atoms with van der Waals surface area (Å²) < 4.78 is 16.5. The van der Waals surface area contributed by atoms with Crippen LogP contribution in [0, 0.1) is 27.2 Å². The predicted octanol–water partition coefficient (Wildman–Crippen LogP) is 4.85. The van der Waals surface area contributed by atoms with Gasteiger partial charge in [0.05, 0.1) is 15.9 Å². The first kappa shape index (κ1) is 21.6. The number of nitro groups is 2. The molecule has 0 spiro atoms. The summed E-state index contributed by atoms with van der Waals surface area (Å²) in [4.78, 5) is 21.4. The molecule has 0 aliphatic carbocycles. The number of hydrogen-bond donors (Lipinski definition) is 0. The van der Waals surface area contributed by atoms with Gasteiger partial charge in [0.25, 0.3) is 0 Å². The molecule has 31 heavy (non-hydrogen) atoms. The van der Waals surface area contributed by atoms with E-state index in [1.807, 2.05) is 30.3 Å². The van der Waals surface area contributed by atoms with Gasteiger partial charge >= 0.3 is 11.4 Å². The Balaban J connectivity index is 1.60. The number of benzene rings is 3. The van der Waals surface area contributed by atoms with Gasteiger partial charge in [-0.2, -0.15) is 0 Å². The Kier molecular flexibility index (Phi) is 7.00. The Morgan fingerprint density at radius 1 is 0.742 bits per heavy atom. The van der Waals surface area contributed by atoms with Gasteiger partial charge < -0.3 is 14.2 Å². The Labute approximate surface area is 178 Å². The zero-order valence-electron chi connectivity index (χ0n) is 16.7. The van der Waals surface area contributed by atoms with Gasteiger partial charge in [-0.25, -0.2) is 0 Å². The summed E-state index contributed by atoms with van der Waals surface area (Å²) >= 11 is 0.